The summed E-state index contributed by atoms with van der Waals surface area (Å²) in [4.78, 5) is 0. The lowest BCUT2D eigenvalue weighted by Gasteiger charge is -2.06. The molecule has 4 heteroatoms. The van der Waals surface area contributed by atoms with Crippen LogP contribution in [0.2, 0.25) is 0 Å². The smallest absolute Gasteiger partial charge is 0.419 e. The van der Waals surface area contributed by atoms with E-state index in [0.717, 1.165) is 18.2 Å². The Labute approximate surface area is 61.1 Å². The molecule has 0 fully saturated rings. The fourth-order valence-corrected chi connectivity index (χ4v) is 0.661. The highest BCUT2D eigenvalue weighted by atomic mass is 19.4. The van der Waals surface area contributed by atoms with Crippen molar-refractivity contribution in [2.45, 2.75) is 6.18 Å². The first-order valence-corrected chi connectivity index (χ1v) is 2.78. The molecule has 0 heterocycles. The maximum absolute atomic E-state index is 11.9. The lowest BCUT2D eigenvalue weighted by Crippen LogP contribution is -2.04. The molecule has 0 atom stereocenters. The van der Waals surface area contributed by atoms with E-state index < -0.39 is 17.5 Å². The van der Waals surface area contributed by atoms with E-state index >= 15 is 0 Å². The Bertz CT molecular complexity index is 254. The van der Waals surface area contributed by atoms with Crippen LogP contribution in [0.15, 0.2) is 18.2 Å². The summed E-state index contributed by atoms with van der Waals surface area (Å²) < 4.78 is 35.6. The van der Waals surface area contributed by atoms with Crippen molar-refractivity contribution >= 4 is 0 Å². The highest BCUT2D eigenvalue weighted by Gasteiger charge is 2.33. The number of rotatable bonds is 0. The molecule has 1 N–H and O–H groups in total. The minimum Gasteiger partial charge on any atom is -0.507 e. The highest BCUT2D eigenvalue weighted by molar-refractivity contribution is 5.33. The van der Waals surface area contributed by atoms with Crippen molar-refractivity contribution in [1.29, 1.82) is 0 Å². The van der Waals surface area contributed by atoms with Crippen LogP contribution in [0.1, 0.15) is 5.56 Å². The SMILES string of the molecule is Oc1c[c]ccc1C(F)(F)F. The maximum atomic E-state index is 11.9. The molecule has 1 aromatic rings. The van der Waals surface area contributed by atoms with E-state index in [9.17, 15) is 13.2 Å². The van der Waals surface area contributed by atoms with E-state index in [1.54, 1.807) is 0 Å². The number of phenols is 1. The molecule has 0 bridgehead atoms. The van der Waals surface area contributed by atoms with Gasteiger partial charge in [0.2, 0.25) is 0 Å². The second kappa shape index (κ2) is 2.45. The molecular weight excluding hydrogens is 157 g/mol. The summed E-state index contributed by atoms with van der Waals surface area (Å²) in [7, 11) is 0. The Kier molecular flexibility index (Phi) is 1.76. The van der Waals surface area contributed by atoms with Gasteiger partial charge < -0.3 is 5.11 Å². The average molecular weight is 161 g/mol. The van der Waals surface area contributed by atoms with Crippen molar-refractivity contribution in [3.8, 4) is 5.75 Å². The number of hydrogen-bond acceptors (Lipinski definition) is 1. The molecule has 1 radical (unpaired) electrons. The summed E-state index contributed by atoms with van der Waals surface area (Å²) in [6.45, 7) is 0. The summed E-state index contributed by atoms with van der Waals surface area (Å²) in [5, 5.41) is 8.69. The van der Waals surface area contributed by atoms with Crippen LogP contribution in [0.5, 0.6) is 5.75 Å². The van der Waals surface area contributed by atoms with Gasteiger partial charge in [0.05, 0.1) is 5.56 Å². The standard InChI is InChI=1S/C7H4F3O/c8-7(9,10)5-3-1-2-4-6(5)11/h1,3-4,11H. The van der Waals surface area contributed by atoms with Gasteiger partial charge in [0.1, 0.15) is 5.75 Å². The largest absolute Gasteiger partial charge is 0.507 e. The lowest BCUT2D eigenvalue weighted by atomic mass is 10.2. The van der Waals surface area contributed by atoms with E-state index in [1.807, 2.05) is 0 Å². The molecule has 0 aliphatic carbocycles. The predicted molar refractivity (Wildman–Crippen MR) is 31.9 cm³/mol. The van der Waals surface area contributed by atoms with Gasteiger partial charge in [0.15, 0.2) is 0 Å². The van der Waals surface area contributed by atoms with Gasteiger partial charge in [-0.05, 0) is 18.2 Å². The Morgan fingerprint density at radius 2 is 2.00 bits per heavy atom. The maximum Gasteiger partial charge on any atom is 0.419 e. The van der Waals surface area contributed by atoms with Crippen LogP contribution in [0.4, 0.5) is 13.2 Å². The second-order valence-corrected chi connectivity index (χ2v) is 1.94. The zero-order valence-corrected chi connectivity index (χ0v) is 5.31. The molecule has 11 heavy (non-hydrogen) atoms. The van der Waals surface area contributed by atoms with Gasteiger partial charge in [-0.25, -0.2) is 0 Å². The summed E-state index contributed by atoms with van der Waals surface area (Å²) in [6.07, 6.45) is -4.49. The summed E-state index contributed by atoms with van der Waals surface area (Å²) in [6, 6.07) is 5.07. The Balaban J connectivity index is 3.14. The number of benzene rings is 1. The molecule has 1 rings (SSSR count). The second-order valence-electron chi connectivity index (χ2n) is 1.94. The third-order valence-corrected chi connectivity index (χ3v) is 1.15. The molecule has 0 spiro atoms. The van der Waals surface area contributed by atoms with Crippen LogP contribution in [0, 0.1) is 6.07 Å². The molecule has 1 aromatic carbocycles. The summed E-state index contributed by atoms with van der Waals surface area (Å²) in [5.41, 5.74) is -1.03. The van der Waals surface area contributed by atoms with Gasteiger partial charge in [-0.15, -0.1) is 0 Å². The number of halogens is 3. The predicted octanol–water partition coefficient (Wildman–Crippen LogP) is 2.21. The van der Waals surface area contributed by atoms with E-state index in [0.29, 0.717) is 0 Å². The van der Waals surface area contributed by atoms with Gasteiger partial charge in [-0.1, -0.05) is 6.07 Å². The van der Waals surface area contributed by atoms with E-state index in [1.165, 1.54) is 0 Å². The molecule has 0 aliphatic rings. The van der Waals surface area contributed by atoms with Crippen molar-refractivity contribution in [2.24, 2.45) is 0 Å². The first-order chi connectivity index (χ1) is 5.02. The number of alkyl halides is 3. The Morgan fingerprint density at radius 3 is 2.36 bits per heavy atom. The van der Waals surface area contributed by atoms with Gasteiger partial charge in [0, 0.05) is 0 Å². The third kappa shape index (κ3) is 1.63. The zero-order chi connectivity index (χ0) is 8.48. The van der Waals surface area contributed by atoms with Gasteiger partial charge >= 0.3 is 6.18 Å². The summed E-state index contributed by atoms with van der Waals surface area (Å²) >= 11 is 0. The van der Waals surface area contributed by atoms with Gasteiger partial charge in [-0.2, -0.15) is 13.2 Å². The lowest BCUT2D eigenvalue weighted by molar-refractivity contribution is -0.138. The monoisotopic (exact) mass is 161 g/mol. The fraction of sp³-hybridized carbons (Fsp3) is 0.143. The Morgan fingerprint density at radius 1 is 1.36 bits per heavy atom. The molecule has 0 aromatic heterocycles. The van der Waals surface area contributed by atoms with Gasteiger partial charge in [-0.3, -0.25) is 0 Å². The van der Waals surface area contributed by atoms with E-state index in [-0.39, 0.29) is 0 Å². The van der Waals surface area contributed by atoms with Crippen LogP contribution in [-0.2, 0) is 6.18 Å². The van der Waals surface area contributed by atoms with Crippen LogP contribution in [0.25, 0.3) is 0 Å². The molecular formula is C7H4F3O. The number of hydrogen-bond donors (Lipinski definition) is 1. The normalized spacial score (nSPS) is 11.5. The third-order valence-electron chi connectivity index (χ3n) is 1.15. The first kappa shape index (κ1) is 7.91. The van der Waals surface area contributed by atoms with E-state index in [2.05, 4.69) is 6.07 Å². The van der Waals surface area contributed by atoms with Crippen molar-refractivity contribution in [3.05, 3.63) is 29.8 Å². The quantitative estimate of drug-likeness (QED) is 0.618. The first-order valence-electron chi connectivity index (χ1n) is 2.78. The topological polar surface area (TPSA) is 20.2 Å². The van der Waals surface area contributed by atoms with Gasteiger partial charge in [0.25, 0.3) is 0 Å². The molecule has 0 aliphatic heterocycles. The van der Waals surface area contributed by atoms with E-state index in [4.69, 9.17) is 5.11 Å². The summed E-state index contributed by atoms with van der Waals surface area (Å²) in [5.74, 6) is -0.792. The molecule has 0 saturated carbocycles. The van der Waals surface area contributed by atoms with Crippen LogP contribution >= 0.6 is 0 Å². The van der Waals surface area contributed by atoms with Crippen LogP contribution < -0.4 is 0 Å². The van der Waals surface area contributed by atoms with Crippen molar-refractivity contribution in [3.63, 3.8) is 0 Å². The Hall–Kier alpha value is -1.19. The minimum absolute atomic E-state index is 0.773. The van der Waals surface area contributed by atoms with Crippen molar-refractivity contribution in [1.82, 2.24) is 0 Å². The highest BCUT2D eigenvalue weighted by Crippen LogP contribution is 2.34. The molecule has 1 nitrogen and oxygen atoms in total. The fourth-order valence-electron chi connectivity index (χ4n) is 0.661. The number of phenolic OH excluding ortho intramolecular Hbond substituents is 1. The molecule has 0 amide bonds. The number of aromatic hydroxyl groups is 1. The molecule has 0 unspecified atom stereocenters. The van der Waals surface area contributed by atoms with Crippen LogP contribution in [-0.4, -0.2) is 5.11 Å². The van der Waals surface area contributed by atoms with Crippen molar-refractivity contribution < 1.29 is 18.3 Å². The van der Waals surface area contributed by atoms with Crippen LogP contribution in [0.3, 0.4) is 0 Å². The molecule has 59 valence electrons. The molecule has 0 saturated heterocycles. The van der Waals surface area contributed by atoms with Crippen molar-refractivity contribution in [2.75, 3.05) is 0 Å². The zero-order valence-electron chi connectivity index (χ0n) is 5.31. The minimum atomic E-state index is -4.49. The average Bonchev–Trinajstić information content (AvgIpc) is 1.86.